The van der Waals surface area contributed by atoms with Crippen molar-refractivity contribution in [1.82, 2.24) is 34.9 Å². The summed E-state index contributed by atoms with van der Waals surface area (Å²) >= 11 is 0. The van der Waals surface area contributed by atoms with Crippen LogP contribution in [0, 0.1) is 11.6 Å². The monoisotopic (exact) mass is 701 g/mol. The summed E-state index contributed by atoms with van der Waals surface area (Å²) in [6.45, 7) is 0. The lowest BCUT2D eigenvalue weighted by Gasteiger charge is -2.13. The van der Waals surface area contributed by atoms with E-state index in [4.69, 9.17) is 9.97 Å². The van der Waals surface area contributed by atoms with Crippen molar-refractivity contribution in [3.8, 4) is 56.4 Å². The van der Waals surface area contributed by atoms with E-state index in [9.17, 15) is 0 Å². The summed E-state index contributed by atoms with van der Waals surface area (Å²) < 4.78 is 32.7. The summed E-state index contributed by atoms with van der Waals surface area (Å²) in [6.07, 6.45) is 6.92. The zero-order chi connectivity index (χ0) is 36.2. The van der Waals surface area contributed by atoms with Crippen molar-refractivity contribution in [2.24, 2.45) is 0 Å². The molecule has 0 N–H and O–H groups in total. The average molecular weight is 702 g/mol. The molecule has 0 saturated carbocycles. The molecule has 5 heterocycles. The first-order chi connectivity index (χ1) is 26.6. The van der Waals surface area contributed by atoms with E-state index < -0.39 is 11.6 Å². The molecule has 0 atom stereocenters. The molecule has 0 aliphatic carbocycles. The Morgan fingerprint density at radius 2 is 0.778 bits per heavy atom. The van der Waals surface area contributed by atoms with E-state index in [-0.39, 0.29) is 22.8 Å². The van der Waals surface area contributed by atoms with Gasteiger partial charge in [-0.3, -0.25) is 19.9 Å². The number of hydrogen-bond acceptors (Lipinski definition) is 7. The first kappa shape index (κ1) is 31.4. The number of rotatable bonds is 5. The van der Waals surface area contributed by atoms with E-state index in [1.54, 1.807) is 36.9 Å². The van der Waals surface area contributed by atoms with Gasteiger partial charge in [-0.15, -0.1) is 0 Å². The lowest BCUT2D eigenvalue weighted by atomic mass is 9.96. The number of nitrogens with zero attached hydrogens (tertiary/aromatic N) is 7. The van der Waals surface area contributed by atoms with Crippen LogP contribution >= 0.6 is 0 Å². The third kappa shape index (κ3) is 5.29. The molecular formula is C45H25F2N7. The van der Waals surface area contributed by atoms with Gasteiger partial charge in [0.15, 0.2) is 17.5 Å². The van der Waals surface area contributed by atoms with Crippen LogP contribution in [0.4, 0.5) is 8.78 Å². The zero-order valence-electron chi connectivity index (χ0n) is 28.3. The molecular weight excluding hydrogens is 677 g/mol. The van der Waals surface area contributed by atoms with Gasteiger partial charge in [-0.05, 0) is 82.9 Å². The highest BCUT2D eigenvalue weighted by molar-refractivity contribution is 6.11. The second-order valence-corrected chi connectivity index (χ2v) is 12.9. The average Bonchev–Trinajstić information content (AvgIpc) is 3.23. The van der Waals surface area contributed by atoms with Crippen molar-refractivity contribution in [2.45, 2.75) is 0 Å². The Bertz CT molecular complexity index is 2910. The van der Waals surface area contributed by atoms with Crippen LogP contribution in [0.25, 0.3) is 100 Å². The van der Waals surface area contributed by atoms with E-state index in [0.717, 1.165) is 54.7 Å². The standard InChI is InChI=1S/C45H25F2N7/c46-37-24-27(35-22-29-10-4-18-48-39(29)41-31(35)12-6-20-50-41)14-16-33(37)44-52-43(26-8-2-1-3-9-26)53-45(54-44)34-17-15-28(25-38(34)47)36-23-30-11-5-19-49-40(30)42-32(36)13-7-21-51-42/h1-25H. The predicted octanol–water partition coefficient (Wildman–Crippen LogP) is 10.7. The van der Waals surface area contributed by atoms with Crippen molar-refractivity contribution in [2.75, 3.05) is 0 Å². The van der Waals surface area contributed by atoms with E-state index in [0.29, 0.717) is 22.5 Å². The van der Waals surface area contributed by atoms with Crippen LogP contribution in [0.1, 0.15) is 0 Å². The fraction of sp³-hybridized carbons (Fsp3) is 0. The van der Waals surface area contributed by atoms with Crippen LogP contribution in [-0.4, -0.2) is 34.9 Å². The molecule has 0 aliphatic heterocycles. The molecule has 0 bridgehead atoms. The highest BCUT2D eigenvalue weighted by Gasteiger charge is 2.20. The number of aromatic nitrogens is 7. The highest BCUT2D eigenvalue weighted by atomic mass is 19.1. The van der Waals surface area contributed by atoms with Crippen molar-refractivity contribution >= 4 is 43.6 Å². The number of hydrogen-bond donors (Lipinski definition) is 0. The van der Waals surface area contributed by atoms with Gasteiger partial charge >= 0.3 is 0 Å². The van der Waals surface area contributed by atoms with Gasteiger partial charge in [-0.25, -0.2) is 23.7 Å². The van der Waals surface area contributed by atoms with E-state index >= 15 is 8.78 Å². The molecule has 7 nitrogen and oxygen atoms in total. The Kier molecular flexibility index (Phi) is 7.36. The molecule has 0 radical (unpaired) electrons. The topological polar surface area (TPSA) is 90.2 Å². The first-order valence-corrected chi connectivity index (χ1v) is 17.3. The Balaban J connectivity index is 1.10. The molecule has 5 aromatic carbocycles. The fourth-order valence-electron chi connectivity index (χ4n) is 7.09. The van der Waals surface area contributed by atoms with E-state index in [1.807, 2.05) is 103 Å². The van der Waals surface area contributed by atoms with Gasteiger partial charge in [0.1, 0.15) is 11.6 Å². The lowest BCUT2D eigenvalue weighted by Crippen LogP contribution is -2.02. The minimum Gasteiger partial charge on any atom is -0.254 e. The molecule has 0 amide bonds. The van der Waals surface area contributed by atoms with E-state index in [2.05, 4.69) is 24.9 Å². The Morgan fingerprint density at radius 1 is 0.333 bits per heavy atom. The van der Waals surface area contributed by atoms with Crippen LogP contribution in [0.2, 0.25) is 0 Å². The van der Waals surface area contributed by atoms with Crippen LogP contribution in [0.15, 0.2) is 152 Å². The molecule has 254 valence electrons. The number of benzene rings is 5. The van der Waals surface area contributed by atoms with Gasteiger partial charge in [0.05, 0.1) is 33.2 Å². The fourth-order valence-corrected chi connectivity index (χ4v) is 7.09. The predicted molar refractivity (Wildman–Crippen MR) is 208 cm³/mol. The van der Waals surface area contributed by atoms with Gasteiger partial charge in [-0.2, -0.15) is 0 Å². The van der Waals surface area contributed by atoms with Crippen LogP contribution in [0.5, 0.6) is 0 Å². The molecule has 0 unspecified atom stereocenters. The summed E-state index contributed by atoms with van der Waals surface area (Å²) in [4.78, 5) is 32.3. The number of fused-ring (bicyclic) bond motifs is 6. The normalized spacial score (nSPS) is 11.5. The van der Waals surface area contributed by atoms with Crippen molar-refractivity contribution in [1.29, 1.82) is 0 Å². The second kappa shape index (κ2) is 12.7. The summed E-state index contributed by atoms with van der Waals surface area (Å²) in [7, 11) is 0. The third-order valence-corrected chi connectivity index (χ3v) is 9.63. The molecule has 10 rings (SSSR count). The Morgan fingerprint density at radius 3 is 1.26 bits per heavy atom. The zero-order valence-corrected chi connectivity index (χ0v) is 28.3. The molecule has 0 spiro atoms. The molecule has 9 heteroatoms. The first-order valence-electron chi connectivity index (χ1n) is 17.3. The minimum absolute atomic E-state index is 0.0831. The number of halogens is 2. The van der Waals surface area contributed by atoms with Crippen molar-refractivity contribution < 1.29 is 8.78 Å². The number of pyridine rings is 4. The molecule has 10 aromatic rings. The highest BCUT2D eigenvalue weighted by Crippen LogP contribution is 2.37. The lowest BCUT2D eigenvalue weighted by molar-refractivity contribution is 0.629. The van der Waals surface area contributed by atoms with Gasteiger partial charge in [0, 0.05) is 51.9 Å². The largest absolute Gasteiger partial charge is 0.254 e. The van der Waals surface area contributed by atoms with Gasteiger partial charge < -0.3 is 0 Å². The maximum Gasteiger partial charge on any atom is 0.167 e. The molecule has 0 saturated heterocycles. The Hall–Kier alpha value is -7.39. The molecule has 5 aromatic heterocycles. The summed E-state index contributed by atoms with van der Waals surface area (Å²) in [5.41, 5.74) is 6.98. The van der Waals surface area contributed by atoms with Crippen molar-refractivity contribution in [3.63, 3.8) is 0 Å². The van der Waals surface area contributed by atoms with Crippen LogP contribution < -0.4 is 0 Å². The summed E-state index contributed by atoms with van der Waals surface area (Å²) in [5.74, 6) is -0.608. The smallest absolute Gasteiger partial charge is 0.167 e. The maximum atomic E-state index is 16.4. The molecule has 0 aliphatic rings. The van der Waals surface area contributed by atoms with Crippen LogP contribution in [0.3, 0.4) is 0 Å². The Labute approximate surface area is 306 Å². The molecule has 0 fully saturated rings. The van der Waals surface area contributed by atoms with Gasteiger partial charge in [0.25, 0.3) is 0 Å². The van der Waals surface area contributed by atoms with Crippen molar-refractivity contribution in [3.05, 3.63) is 164 Å². The van der Waals surface area contributed by atoms with E-state index in [1.165, 1.54) is 12.1 Å². The SMILES string of the molecule is Fc1cc(-c2cc3cccnc3c3ncccc23)ccc1-c1nc(-c2ccccc2)nc(-c2ccc(-c3cc4cccnc4c4ncccc34)cc2F)n1. The van der Waals surface area contributed by atoms with Gasteiger partial charge in [-0.1, -0.05) is 66.7 Å². The maximum absolute atomic E-state index is 16.4. The van der Waals surface area contributed by atoms with Crippen LogP contribution in [-0.2, 0) is 0 Å². The third-order valence-electron chi connectivity index (χ3n) is 9.63. The molecule has 54 heavy (non-hydrogen) atoms. The second-order valence-electron chi connectivity index (χ2n) is 12.9. The summed E-state index contributed by atoms with van der Waals surface area (Å²) in [5, 5.41) is 3.50. The van der Waals surface area contributed by atoms with Gasteiger partial charge in [0.2, 0.25) is 0 Å². The minimum atomic E-state index is -0.533. The summed E-state index contributed by atoms with van der Waals surface area (Å²) in [6, 6.07) is 38.5. The quantitative estimate of drug-likeness (QED) is 0.165.